The molecule has 1 aliphatic heterocycles. The molecule has 4 aromatic rings. The van der Waals surface area contributed by atoms with Crippen LogP contribution in [0.2, 0.25) is 0 Å². The van der Waals surface area contributed by atoms with Crippen LogP contribution in [0.15, 0.2) is 54.7 Å². The molecule has 0 saturated carbocycles. The zero-order valence-corrected chi connectivity index (χ0v) is 20.4. The van der Waals surface area contributed by atoms with Gasteiger partial charge in [-0.1, -0.05) is 12.1 Å². The zero-order valence-electron chi connectivity index (χ0n) is 20.4. The minimum absolute atomic E-state index is 0.0710. The molecule has 37 heavy (non-hydrogen) atoms. The molecule has 1 fully saturated rings. The second-order valence-corrected chi connectivity index (χ2v) is 8.30. The van der Waals surface area contributed by atoms with Crippen LogP contribution < -0.4 is 15.8 Å². The Morgan fingerprint density at radius 3 is 2.59 bits per heavy atom. The molecule has 1 amide bonds. The van der Waals surface area contributed by atoms with Crippen molar-refractivity contribution in [2.24, 2.45) is 0 Å². The van der Waals surface area contributed by atoms with Crippen LogP contribution in [0.5, 0.6) is 5.75 Å². The number of carbonyl (C=O) groups is 2. The summed E-state index contributed by atoms with van der Waals surface area (Å²) in [5.41, 5.74) is 9.22. The highest BCUT2D eigenvalue weighted by molar-refractivity contribution is 5.99. The van der Waals surface area contributed by atoms with E-state index in [-0.39, 0.29) is 11.9 Å². The molecule has 5 rings (SSSR count). The first kappa shape index (κ1) is 24.1. The number of hydrogen-bond donors (Lipinski definition) is 2. The second kappa shape index (κ2) is 10.2. The van der Waals surface area contributed by atoms with Gasteiger partial charge in [0, 0.05) is 24.8 Å². The van der Waals surface area contributed by atoms with Crippen molar-refractivity contribution in [1.82, 2.24) is 19.4 Å². The molecule has 1 saturated heterocycles. The largest absolute Gasteiger partial charge is 0.495 e. The first-order chi connectivity index (χ1) is 18.0. The van der Waals surface area contributed by atoms with E-state index in [9.17, 15) is 9.59 Å². The van der Waals surface area contributed by atoms with Gasteiger partial charge in [-0.25, -0.2) is 9.78 Å². The van der Waals surface area contributed by atoms with E-state index in [4.69, 9.17) is 19.9 Å². The normalized spacial score (nSPS) is 13.4. The van der Waals surface area contributed by atoms with Crippen LogP contribution in [0, 0.1) is 0 Å². The van der Waals surface area contributed by atoms with Crippen molar-refractivity contribution in [3.05, 3.63) is 65.9 Å². The minimum Gasteiger partial charge on any atom is -0.495 e. The van der Waals surface area contributed by atoms with Crippen LogP contribution >= 0.6 is 0 Å². The van der Waals surface area contributed by atoms with Gasteiger partial charge in [0.05, 0.1) is 49.9 Å². The number of nitrogens with two attached hydrogens (primary N) is 1. The predicted molar refractivity (Wildman–Crippen MR) is 138 cm³/mol. The molecular weight excluding hydrogens is 476 g/mol. The number of nitrogen functional groups attached to an aromatic ring is 1. The van der Waals surface area contributed by atoms with Gasteiger partial charge in [0.2, 0.25) is 5.95 Å². The maximum absolute atomic E-state index is 13.0. The van der Waals surface area contributed by atoms with Gasteiger partial charge in [-0.2, -0.15) is 4.98 Å². The van der Waals surface area contributed by atoms with Crippen LogP contribution in [-0.4, -0.2) is 71.8 Å². The van der Waals surface area contributed by atoms with Gasteiger partial charge in [-0.3, -0.25) is 4.79 Å². The average molecular weight is 503 g/mol. The van der Waals surface area contributed by atoms with E-state index in [1.807, 2.05) is 16.8 Å². The number of morpholine rings is 1. The van der Waals surface area contributed by atoms with Crippen LogP contribution in [0.4, 0.5) is 17.5 Å². The molecule has 0 bridgehead atoms. The van der Waals surface area contributed by atoms with E-state index >= 15 is 0 Å². The quantitative estimate of drug-likeness (QED) is 0.382. The molecule has 0 atom stereocenters. The smallest absolute Gasteiger partial charge is 0.339 e. The number of anilines is 3. The molecular formula is C26H26N6O5. The summed E-state index contributed by atoms with van der Waals surface area (Å²) in [6.07, 6.45) is 1.82. The summed E-state index contributed by atoms with van der Waals surface area (Å²) in [7, 11) is 2.87. The number of aromatic nitrogens is 3. The number of amides is 1. The topological polar surface area (TPSA) is 134 Å². The standard InChI is InChI=1S/C26H26N6O5/c1-35-21-15-16(24(33)31-11-13-37-14-12-31)7-8-20(21)32-10-9-19-22(32)23(30-26(27)29-19)28-18-6-4-3-5-17(18)25(34)36-2/h3-10,15H,11-14H2,1-2H3,(H3,27,28,29,30). The molecule has 0 unspecified atom stereocenters. The summed E-state index contributed by atoms with van der Waals surface area (Å²) in [6, 6.07) is 14.0. The Morgan fingerprint density at radius 2 is 1.84 bits per heavy atom. The van der Waals surface area contributed by atoms with Crippen molar-refractivity contribution in [3.63, 3.8) is 0 Å². The SMILES string of the molecule is COC(=O)c1ccccc1Nc1nc(N)nc2ccn(-c3ccc(C(=O)N4CCOCC4)cc3OC)c12. The number of carbonyl (C=O) groups excluding carboxylic acids is 2. The highest BCUT2D eigenvalue weighted by atomic mass is 16.5. The van der Waals surface area contributed by atoms with Gasteiger partial charge >= 0.3 is 5.97 Å². The van der Waals surface area contributed by atoms with E-state index in [1.165, 1.54) is 7.11 Å². The third-order valence-corrected chi connectivity index (χ3v) is 6.12. The molecule has 1 aliphatic rings. The molecule has 190 valence electrons. The molecule has 2 aromatic heterocycles. The van der Waals surface area contributed by atoms with Gasteiger partial charge in [0.1, 0.15) is 11.3 Å². The minimum atomic E-state index is -0.487. The number of hydrogen-bond acceptors (Lipinski definition) is 9. The lowest BCUT2D eigenvalue weighted by Crippen LogP contribution is -2.40. The summed E-state index contributed by atoms with van der Waals surface area (Å²) < 4.78 is 17.8. The van der Waals surface area contributed by atoms with Gasteiger partial charge in [0.25, 0.3) is 5.91 Å². The van der Waals surface area contributed by atoms with Crippen LogP contribution in [0.3, 0.4) is 0 Å². The summed E-state index contributed by atoms with van der Waals surface area (Å²) >= 11 is 0. The Hall–Kier alpha value is -4.64. The van der Waals surface area contributed by atoms with Crippen molar-refractivity contribution in [2.75, 3.05) is 51.6 Å². The lowest BCUT2D eigenvalue weighted by molar-refractivity contribution is 0.0302. The molecule has 3 N–H and O–H groups in total. The zero-order chi connectivity index (χ0) is 25.9. The van der Waals surface area contributed by atoms with Gasteiger partial charge in [0.15, 0.2) is 5.82 Å². The highest BCUT2D eigenvalue weighted by Crippen LogP contribution is 2.33. The average Bonchev–Trinajstić information content (AvgIpc) is 3.36. The van der Waals surface area contributed by atoms with Crippen LogP contribution in [-0.2, 0) is 9.47 Å². The summed E-state index contributed by atoms with van der Waals surface area (Å²) in [5, 5.41) is 3.21. The number of fused-ring (bicyclic) bond motifs is 1. The Bertz CT molecular complexity index is 1480. The monoisotopic (exact) mass is 502 g/mol. The van der Waals surface area contributed by atoms with Crippen molar-refractivity contribution < 1.29 is 23.8 Å². The Morgan fingerprint density at radius 1 is 1.05 bits per heavy atom. The van der Waals surface area contributed by atoms with Crippen molar-refractivity contribution in [2.45, 2.75) is 0 Å². The maximum atomic E-state index is 13.0. The number of nitrogens with zero attached hydrogens (tertiary/aromatic N) is 4. The maximum Gasteiger partial charge on any atom is 0.339 e. The van der Waals surface area contributed by atoms with E-state index in [2.05, 4.69) is 15.3 Å². The fraction of sp³-hybridized carbons (Fsp3) is 0.231. The lowest BCUT2D eigenvalue weighted by Gasteiger charge is -2.27. The molecule has 11 heteroatoms. The molecule has 0 aliphatic carbocycles. The number of methoxy groups -OCH3 is 2. The Balaban J connectivity index is 1.58. The fourth-order valence-corrected chi connectivity index (χ4v) is 4.32. The number of rotatable bonds is 6. The number of benzene rings is 2. The van der Waals surface area contributed by atoms with Crippen molar-refractivity contribution in [3.8, 4) is 11.4 Å². The third-order valence-electron chi connectivity index (χ3n) is 6.12. The Kier molecular flexibility index (Phi) is 6.60. The van der Waals surface area contributed by atoms with Crippen molar-refractivity contribution >= 4 is 40.4 Å². The molecule has 0 radical (unpaired) electrons. The number of ether oxygens (including phenoxy) is 3. The summed E-state index contributed by atoms with van der Waals surface area (Å²) in [4.78, 5) is 35.8. The predicted octanol–water partition coefficient (Wildman–Crippen LogP) is 3.01. The molecule has 2 aromatic carbocycles. The third kappa shape index (κ3) is 4.64. The highest BCUT2D eigenvalue weighted by Gasteiger charge is 2.22. The lowest BCUT2D eigenvalue weighted by atomic mass is 10.1. The fourth-order valence-electron chi connectivity index (χ4n) is 4.32. The van der Waals surface area contributed by atoms with Gasteiger partial charge in [-0.05, 0) is 36.4 Å². The van der Waals surface area contributed by atoms with E-state index in [0.29, 0.717) is 71.4 Å². The van der Waals surface area contributed by atoms with Crippen molar-refractivity contribution in [1.29, 1.82) is 0 Å². The number of para-hydroxylation sites is 1. The number of nitrogens with one attached hydrogen (secondary N) is 1. The van der Waals surface area contributed by atoms with Gasteiger partial charge < -0.3 is 34.7 Å². The van der Waals surface area contributed by atoms with E-state index in [0.717, 1.165) is 0 Å². The first-order valence-electron chi connectivity index (χ1n) is 11.6. The molecule has 0 spiro atoms. The molecule has 11 nitrogen and oxygen atoms in total. The van der Waals surface area contributed by atoms with Gasteiger partial charge in [-0.15, -0.1) is 0 Å². The summed E-state index contributed by atoms with van der Waals surface area (Å²) in [5.74, 6) is 0.387. The van der Waals surface area contributed by atoms with Crippen LogP contribution in [0.25, 0.3) is 16.7 Å². The van der Waals surface area contributed by atoms with E-state index in [1.54, 1.807) is 54.5 Å². The summed E-state index contributed by atoms with van der Waals surface area (Å²) in [6.45, 7) is 2.14. The van der Waals surface area contributed by atoms with E-state index < -0.39 is 5.97 Å². The first-order valence-corrected chi connectivity index (χ1v) is 11.6. The molecule has 3 heterocycles. The number of esters is 1. The Labute approximate surface area is 212 Å². The second-order valence-electron chi connectivity index (χ2n) is 8.30. The van der Waals surface area contributed by atoms with Crippen LogP contribution in [0.1, 0.15) is 20.7 Å².